The summed E-state index contributed by atoms with van der Waals surface area (Å²) in [5.41, 5.74) is 8.34. The number of carbonyl (C=O) groups excluding carboxylic acids is 2. The van der Waals surface area contributed by atoms with E-state index in [2.05, 4.69) is 24.4 Å². The van der Waals surface area contributed by atoms with Crippen molar-refractivity contribution in [2.24, 2.45) is 5.73 Å². The molecule has 0 spiro atoms. The van der Waals surface area contributed by atoms with Gasteiger partial charge >= 0.3 is 0 Å². The Morgan fingerprint density at radius 1 is 0.967 bits per heavy atom. The Balaban J connectivity index is 1.62. The van der Waals surface area contributed by atoms with Crippen molar-refractivity contribution in [2.45, 2.75) is 25.9 Å². The highest BCUT2D eigenvalue weighted by Gasteiger charge is 2.13. The second kappa shape index (κ2) is 10.3. The molecule has 0 fully saturated rings. The van der Waals surface area contributed by atoms with E-state index in [0.29, 0.717) is 23.4 Å². The van der Waals surface area contributed by atoms with E-state index in [1.54, 1.807) is 36.4 Å². The lowest BCUT2D eigenvalue weighted by Gasteiger charge is -2.16. The summed E-state index contributed by atoms with van der Waals surface area (Å²) in [4.78, 5) is 24.2. The van der Waals surface area contributed by atoms with Crippen LogP contribution in [0, 0.1) is 0 Å². The molecule has 2 amide bonds. The van der Waals surface area contributed by atoms with Gasteiger partial charge in [0.15, 0.2) is 0 Å². The number of para-hydroxylation sites is 1. The molecule has 3 N–H and O–H groups in total. The average molecular weight is 402 g/mol. The normalized spacial score (nSPS) is 11.5. The molecule has 0 saturated carbocycles. The summed E-state index contributed by atoms with van der Waals surface area (Å²) in [6, 6.07) is 24.3. The van der Waals surface area contributed by atoms with Gasteiger partial charge in [0.1, 0.15) is 12.4 Å². The van der Waals surface area contributed by atoms with Gasteiger partial charge in [0.25, 0.3) is 11.8 Å². The Hall–Kier alpha value is -3.60. The third-order valence-corrected chi connectivity index (χ3v) is 5.01. The molecule has 3 rings (SSSR count). The third-order valence-electron chi connectivity index (χ3n) is 5.01. The number of hydrogen-bond acceptors (Lipinski definition) is 3. The Bertz CT molecular complexity index is 1000. The second-order valence-corrected chi connectivity index (χ2v) is 7.08. The van der Waals surface area contributed by atoms with Gasteiger partial charge in [0, 0.05) is 18.0 Å². The van der Waals surface area contributed by atoms with E-state index in [1.165, 1.54) is 5.56 Å². The molecule has 1 atom stereocenters. The molecule has 0 aromatic heterocycles. The van der Waals surface area contributed by atoms with Crippen molar-refractivity contribution in [1.82, 2.24) is 5.32 Å². The molecule has 0 aliphatic carbocycles. The zero-order valence-electron chi connectivity index (χ0n) is 17.0. The number of primary amides is 1. The van der Waals surface area contributed by atoms with Gasteiger partial charge in [0.05, 0.1) is 5.56 Å². The summed E-state index contributed by atoms with van der Waals surface area (Å²) >= 11 is 0. The molecule has 0 aliphatic heterocycles. The van der Waals surface area contributed by atoms with E-state index in [1.807, 2.05) is 30.3 Å². The standard InChI is InChI=1S/C25H26N2O3/c1-2-19(20-10-4-3-5-11-20)16-27-25(29)21-12-8-9-18(15-21)17-30-23-14-7-6-13-22(23)24(26)28/h3-15,19H,2,16-17H2,1H3,(H2,26,28)(H,27,29). The van der Waals surface area contributed by atoms with Crippen LogP contribution >= 0.6 is 0 Å². The quantitative estimate of drug-likeness (QED) is 0.560. The van der Waals surface area contributed by atoms with Crippen LogP contribution in [-0.2, 0) is 6.61 Å². The first-order chi connectivity index (χ1) is 14.6. The number of benzene rings is 3. The highest BCUT2D eigenvalue weighted by Crippen LogP contribution is 2.20. The van der Waals surface area contributed by atoms with Crippen LogP contribution in [0.1, 0.15) is 51.1 Å². The van der Waals surface area contributed by atoms with Crippen LogP contribution in [0.25, 0.3) is 0 Å². The number of nitrogens with one attached hydrogen (secondary N) is 1. The molecule has 30 heavy (non-hydrogen) atoms. The molecule has 5 heteroatoms. The first-order valence-electron chi connectivity index (χ1n) is 10.0. The van der Waals surface area contributed by atoms with Gasteiger partial charge in [-0.25, -0.2) is 0 Å². The number of amides is 2. The van der Waals surface area contributed by atoms with Gasteiger partial charge in [-0.2, -0.15) is 0 Å². The summed E-state index contributed by atoms with van der Waals surface area (Å²) < 4.78 is 5.76. The van der Waals surface area contributed by atoms with Crippen molar-refractivity contribution in [3.05, 3.63) is 101 Å². The average Bonchev–Trinajstić information content (AvgIpc) is 2.79. The van der Waals surface area contributed by atoms with Crippen LogP contribution < -0.4 is 15.8 Å². The maximum absolute atomic E-state index is 12.7. The molecule has 0 saturated heterocycles. The Kier molecular flexibility index (Phi) is 7.22. The zero-order chi connectivity index (χ0) is 21.3. The Morgan fingerprint density at radius 3 is 2.43 bits per heavy atom. The second-order valence-electron chi connectivity index (χ2n) is 7.08. The molecule has 0 bridgehead atoms. The van der Waals surface area contributed by atoms with E-state index in [-0.39, 0.29) is 18.4 Å². The molecule has 0 heterocycles. The fourth-order valence-electron chi connectivity index (χ4n) is 3.30. The SMILES string of the molecule is CCC(CNC(=O)c1cccc(COc2ccccc2C(N)=O)c1)c1ccccc1. The van der Waals surface area contributed by atoms with Crippen molar-refractivity contribution in [3.63, 3.8) is 0 Å². The molecule has 154 valence electrons. The Morgan fingerprint density at radius 2 is 1.70 bits per heavy atom. The smallest absolute Gasteiger partial charge is 0.252 e. The zero-order valence-corrected chi connectivity index (χ0v) is 17.0. The third kappa shape index (κ3) is 5.47. The van der Waals surface area contributed by atoms with Crippen molar-refractivity contribution < 1.29 is 14.3 Å². The lowest BCUT2D eigenvalue weighted by atomic mass is 9.96. The van der Waals surface area contributed by atoms with Gasteiger partial charge < -0.3 is 15.8 Å². The molecular formula is C25H26N2O3. The fourth-order valence-corrected chi connectivity index (χ4v) is 3.30. The number of carbonyl (C=O) groups is 2. The summed E-state index contributed by atoms with van der Waals surface area (Å²) in [7, 11) is 0. The number of hydrogen-bond donors (Lipinski definition) is 2. The lowest BCUT2D eigenvalue weighted by molar-refractivity contribution is 0.0949. The van der Waals surface area contributed by atoms with Crippen molar-refractivity contribution in [2.75, 3.05) is 6.54 Å². The van der Waals surface area contributed by atoms with E-state index in [9.17, 15) is 9.59 Å². The minimum Gasteiger partial charge on any atom is -0.488 e. The van der Waals surface area contributed by atoms with Crippen LogP contribution in [0.4, 0.5) is 0 Å². The maximum atomic E-state index is 12.7. The number of rotatable bonds is 9. The van der Waals surface area contributed by atoms with Gasteiger partial charge in [0.2, 0.25) is 0 Å². The van der Waals surface area contributed by atoms with E-state index in [4.69, 9.17) is 10.5 Å². The Labute approximate surface area is 176 Å². The molecular weight excluding hydrogens is 376 g/mol. The minimum atomic E-state index is -0.539. The highest BCUT2D eigenvalue weighted by atomic mass is 16.5. The summed E-state index contributed by atoms with van der Waals surface area (Å²) in [5, 5.41) is 3.03. The lowest BCUT2D eigenvalue weighted by Crippen LogP contribution is -2.28. The number of ether oxygens (including phenoxy) is 1. The first-order valence-corrected chi connectivity index (χ1v) is 10.0. The highest BCUT2D eigenvalue weighted by molar-refractivity contribution is 5.95. The van der Waals surface area contributed by atoms with Crippen LogP contribution in [0.3, 0.4) is 0 Å². The van der Waals surface area contributed by atoms with Crippen LogP contribution in [0.2, 0.25) is 0 Å². The number of nitrogens with two attached hydrogens (primary N) is 1. The van der Waals surface area contributed by atoms with E-state index < -0.39 is 5.91 Å². The molecule has 3 aromatic rings. The first kappa shape index (κ1) is 21.1. The van der Waals surface area contributed by atoms with Crippen LogP contribution in [0.15, 0.2) is 78.9 Å². The summed E-state index contributed by atoms with van der Waals surface area (Å²) in [6.45, 7) is 2.92. The largest absolute Gasteiger partial charge is 0.488 e. The van der Waals surface area contributed by atoms with Gasteiger partial charge in [-0.3, -0.25) is 9.59 Å². The van der Waals surface area contributed by atoms with E-state index >= 15 is 0 Å². The van der Waals surface area contributed by atoms with E-state index in [0.717, 1.165) is 12.0 Å². The van der Waals surface area contributed by atoms with Crippen molar-refractivity contribution in [1.29, 1.82) is 0 Å². The fraction of sp³-hybridized carbons (Fsp3) is 0.200. The monoisotopic (exact) mass is 402 g/mol. The summed E-state index contributed by atoms with van der Waals surface area (Å²) in [5.74, 6) is 0.0341. The molecule has 0 radical (unpaired) electrons. The maximum Gasteiger partial charge on any atom is 0.252 e. The van der Waals surface area contributed by atoms with Gasteiger partial charge in [-0.05, 0) is 41.8 Å². The molecule has 1 unspecified atom stereocenters. The summed E-state index contributed by atoms with van der Waals surface area (Å²) in [6.07, 6.45) is 0.942. The molecule has 3 aromatic carbocycles. The predicted molar refractivity (Wildman–Crippen MR) is 118 cm³/mol. The topological polar surface area (TPSA) is 81.4 Å². The van der Waals surface area contributed by atoms with Crippen LogP contribution in [-0.4, -0.2) is 18.4 Å². The van der Waals surface area contributed by atoms with Crippen molar-refractivity contribution in [3.8, 4) is 5.75 Å². The van der Waals surface area contributed by atoms with Crippen molar-refractivity contribution >= 4 is 11.8 Å². The van der Waals surface area contributed by atoms with Gasteiger partial charge in [-0.15, -0.1) is 0 Å². The molecule has 0 aliphatic rings. The molecule has 5 nitrogen and oxygen atoms in total. The minimum absolute atomic E-state index is 0.122. The van der Waals surface area contributed by atoms with Crippen LogP contribution in [0.5, 0.6) is 5.75 Å². The van der Waals surface area contributed by atoms with Gasteiger partial charge in [-0.1, -0.05) is 61.5 Å². The predicted octanol–water partition coefficient (Wildman–Crippen LogP) is 4.29.